The van der Waals surface area contributed by atoms with E-state index in [2.05, 4.69) is 28.4 Å². The zero-order valence-electron chi connectivity index (χ0n) is 11.2. The monoisotopic (exact) mass is 280 g/mol. The van der Waals surface area contributed by atoms with Crippen LogP contribution < -0.4 is 5.32 Å². The molecule has 2 aliphatic heterocycles. The summed E-state index contributed by atoms with van der Waals surface area (Å²) in [6.07, 6.45) is 1.03. The van der Waals surface area contributed by atoms with Gasteiger partial charge in [0.1, 0.15) is 0 Å². The molecule has 2 aliphatic rings. The van der Waals surface area contributed by atoms with E-state index in [0.29, 0.717) is 24.1 Å². The highest BCUT2D eigenvalue weighted by Crippen LogP contribution is 2.26. The molecule has 2 heterocycles. The Kier molecular flexibility index (Phi) is 3.27. The largest absolute Gasteiger partial charge is 0.380 e. The second-order valence-corrected chi connectivity index (χ2v) is 7.89. The van der Waals surface area contributed by atoms with Crippen molar-refractivity contribution >= 4 is 15.5 Å². The van der Waals surface area contributed by atoms with Crippen LogP contribution in [0.4, 0.5) is 5.69 Å². The first-order valence-electron chi connectivity index (χ1n) is 6.82. The van der Waals surface area contributed by atoms with Crippen LogP contribution in [0.3, 0.4) is 0 Å². The first kappa shape index (κ1) is 12.9. The van der Waals surface area contributed by atoms with Crippen LogP contribution in [-0.4, -0.2) is 50.0 Å². The average Bonchev–Trinajstić information content (AvgIpc) is 2.74. The lowest BCUT2D eigenvalue weighted by Crippen LogP contribution is -2.50. The van der Waals surface area contributed by atoms with E-state index in [9.17, 15) is 8.42 Å². The van der Waals surface area contributed by atoms with E-state index < -0.39 is 9.84 Å². The molecular formula is C14H20N2O2S. The normalized spacial score (nSPS) is 29.7. The maximum atomic E-state index is 11.6. The molecule has 2 unspecified atom stereocenters. The van der Waals surface area contributed by atoms with Crippen LogP contribution in [0.5, 0.6) is 0 Å². The van der Waals surface area contributed by atoms with Gasteiger partial charge in [-0.3, -0.25) is 4.90 Å². The Labute approximate surface area is 114 Å². The summed E-state index contributed by atoms with van der Waals surface area (Å²) < 4.78 is 23.2. The number of rotatable bonds is 2. The van der Waals surface area contributed by atoms with Crippen molar-refractivity contribution in [3.05, 3.63) is 29.8 Å². The van der Waals surface area contributed by atoms with Crippen molar-refractivity contribution in [2.24, 2.45) is 0 Å². The molecule has 0 spiro atoms. The predicted molar refractivity (Wildman–Crippen MR) is 77.2 cm³/mol. The van der Waals surface area contributed by atoms with Crippen molar-refractivity contribution in [1.29, 1.82) is 0 Å². The zero-order valence-corrected chi connectivity index (χ0v) is 12.0. The fourth-order valence-corrected chi connectivity index (χ4v) is 4.70. The summed E-state index contributed by atoms with van der Waals surface area (Å²) in [6.45, 7) is 3.60. The minimum atomic E-state index is -2.81. The predicted octanol–water partition coefficient (Wildman–Crippen LogP) is 1.14. The van der Waals surface area contributed by atoms with E-state index in [1.54, 1.807) is 0 Å². The average molecular weight is 280 g/mol. The minimum absolute atomic E-state index is 0.129. The van der Waals surface area contributed by atoms with Gasteiger partial charge in [-0.1, -0.05) is 18.2 Å². The molecule has 1 saturated heterocycles. The molecule has 0 amide bonds. The van der Waals surface area contributed by atoms with Crippen molar-refractivity contribution in [3.8, 4) is 0 Å². The lowest BCUT2D eigenvalue weighted by atomic mass is 10.1. The fraction of sp³-hybridized carbons (Fsp3) is 0.571. The molecule has 4 nitrogen and oxygen atoms in total. The summed E-state index contributed by atoms with van der Waals surface area (Å²) in [4.78, 5) is 2.30. The van der Waals surface area contributed by atoms with Crippen molar-refractivity contribution in [3.63, 3.8) is 0 Å². The van der Waals surface area contributed by atoms with Gasteiger partial charge in [0.25, 0.3) is 0 Å². The lowest BCUT2D eigenvalue weighted by Gasteiger charge is -2.34. The molecular weight excluding hydrogens is 260 g/mol. The molecule has 1 aromatic rings. The second kappa shape index (κ2) is 4.80. The van der Waals surface area contributed by atoms with Crippen molar-refractivity contribution in [1.82, 2.24) is 4.90 Å². The number of nitrogens with zero attached hydrogens (tertiary/aromatic N) is 1. The Bertz CT molecular complexity index is 546. The Morgan fingerprint density at radius 3 is 2.89 bits per heavy atom. The molecule has 0 aromatic heterocycles. The molecule has 1 fully saturated rings. The van der Waals surface area contributed by atoms with E-state index in [4.69, 9.17) is 0 Å². The molecule has 104 valence electrons. The molecule has 19 heavy (non-hydrogen) atoms. The highest BCUT2D eigenvalue weighted by molar-refractivity contribution is 7.91. The summed E-state index contributed by atoms with van der Waals surface area (Å²) in [5.74, 6) is 0.601. The van der Waals surface area contributed by atoms with Gasteiger partial charge in [0.15, 0.2) is 9.84 Å². The summed E-state index contributed by atoms with van der Waals surface area (Å²) in [5, 5.41) is 3.53. The maximum absolute atomic E-state index is 11.6. The lowest BCUT2D eigenvalue weighted by molar-refractivity contribution is 0.218. The number of nitrogens with one attached hydrogen (secondary N) is 1. The Balaban J connectivity index is 1.62. The molecule has 0 saturated carbocycles. The maximum Gasteiger partial charge on any atom is 0.153 e. The van der Waals surface area contributed by atoms with E-state index in [1.807, 2.05) is 13.0 Å². The third kappa shape index (κ3) is 2.77. The topological polar surface area (TPSA) is 49.4 Å². The van der Waals surface area contributed by atoms with Gasteiger partial charge in [-0.25, -0.2) is 8.42 Å². The van der Waals surface area contributed by atoms with Gasteiger partial charge in [-0.05, 0) is 25.0 Å². The first-order chi connectivity index (χ1) is 9.03. The number of para-hydroxylation sites is 1. The Hall–Kier alpha value is -1.07. The first-order valence-corrected chi connectivity index (χ1v) is 8.64. The molecule has 2 atom stereocenters. The van der Waals surface area contributed by atoms with Gasteiger partial charge in [-0.15, -0.1) is 0 Å². The van der Waals surface area contributed by atoms with E-state index in [-0.39, 0.29) is 6.04 Å². The molecule has 5 heteroatoms. The van der Waals surface area contributed by atoms with E-state index in [0.717, 1.165) is 13.0 Å². The van der Waals surface area contributed by atoms with Crippen LogP contribution in [0.2, 0.25) is 0 Å². The van der Waals surface area contributed by atoms with Gasteiger partial charge >= 0.3 is 0 Å². The highest BCUT2D eigenvalue weighted by Gasteiger charge is 2.31. The summed E-state index contributed by atoms with van der Waals surface area (Å²) in [7, 11) is -2.81. The quantitative estimate of drug-likeness (QED) is 0.882. The number of fused-ring (bicyclic) bond motifs is 1. The third-order valence-electron chi connectivity index (χ3n) is 4.11. The second-order valence-electron chi connectivity index (χ2n) is 5.66. The summed E-state index contributed by atoms with van der Waals surface area (Å²) >= 11 is 0. The molecule has 0 bridgehead atoms. The summed E-state index contributed by atoms with van der Waals surface area (Å²) in [5.41, 5.74) is 2.59. The molecule has 0 radical (unpaired) electrons. The van der Waals surface area contributed by atoms with Crippen LogP contribution in [0, 0.1) is 0 Å². The van der Waals surface area contributed by atoms with Crippen LogP contribution >= 0.6 is 0 Å². The molecule has 0 aliphatic carbocycles. The number of hydrogen-bond acceptors (Lipinski definition) is 4. The van der Waals surface area contributed by atoms with Gasteiger partial charge in [-0.2, -0.15) is 0 Å². The van der Waals surface area contributed by atoms with Crippen LogP contribution in [-0.2, 0) is 16.3 Å². The van der Waals surface area contributed by atoms with Gasteiger partial charge in [0, 0.05) is 30.9 Å². The van der Waals surface area contributed by atoms with Crippen molar-refractivity contribution < 1.29 is 8.42 Å². The fourth-order valence-electron chi connectivity index (χ4n) is 3.07. The molecule has 3 rings (SSSR count). The van der Waals surface area contributed by atoms with Gasteiger partial charge < -0.3 is 5.32 Å². The minimum Gasteiger partial charge on any atom is -0.380 e. The van der Waals surface area contributed by atoms with Crippen molar-refractivity contribution in [2.75, 3.05) is 29.9 Å². The molecule has 1 aromatic carbocycles. The summed E-state index contributed by atoms with van der Waals surface area (Å²) in [6, 6.07) is 8.92. The van der Waals surface area contributed by atoms with Gasteiger partial charge in [0.2, 0.25) is 0 Å². The van der Waals surface area contributed by atoms with Crippen LogP contribution in [0.1, 0.15) is 12.5 Å². The van der Waals surface area contributed by atoms with Crippen molar-refractivity contribution in [2.45, 2.75) is 25.4 Å². The Morgan fingerprint density at radius 1 is 1.37 bits per heavy atom. The third-order valence-corrected chi connectivity index (χ3v) is 5.90. The van der Waals surface area contributed by atoms with Gasteiger partial charge in [0.05, 0.1) is 11.5 Å². The Morgan fingerprint density at radius 2 is 2.16 bits per heavy atom. The number of sulfone groups is 1. The van der Waals surface area contributed by atoms with Crippen LogP contribution in [0.15, 0.2) is 24.3 Å². The number of hydrogen-bond donors (Lipinski definition) is 1. The smallest absolute Gasteiger partial charge is 0.153 e. The standard InChI is InChI=1S/C14H20N2O2S/c1-11-10-19(17,18)7-6-16(11)9-13-8-12-4-2-3-5-14(12)15-13/h2-5,11,13,15H,6-10H2,1H3. The van der Waals surface area contributed by atoms with E-state index in [1.165, 1.54) is 11.3 Å². The number of anilines is 1. The number of benzene rings is 1. The highest BCUT2D eigenvalue weighted by atomic mass is 32.2. The van der Waals surface area contributed by atoms with Crippen LogP contribution in [0.25, 0.3) is 0 Å². The zero-order chi connectivity index (χ0) is 13.5. The van der Waals surface area contributed by atoms with E-state index >= 15 is 0 Å². The molecule has 1 N–H and O–H groups in total. The SMILES string of the molecule is CC1CS(=O)(=O)CCN1CC1Cc2ccccc2N1.